The van der Waals surface area contributed by atoms with Crippen molar-refractivity contribution in [3.05, 3.63) is 48.0 Å². The molecule has 0 saturated heterocycles. The predicted molar refractivity (Wildman–Crippen MR) is 97.2 cm³/mol. The Morgan fingerprint density at radius 3 is 2.12 bits per heavy atom. The third kappa shape index (κ3) is 4.86. The van der Waals surface area contributed by atoms with Gasteiger partial charge in [0.15, 0.2) is 0 Å². The molecule has 9 nitrogen and oxygen atoms in total. The van der Waals surface area contributed by atoms with Crippen LogP contribution in [0.1, 0.15) is 10.4 Å². The molecule has 0 radical (unpaired) electrons. The Kier molecular flexibility index (Phi) is 5.42. The van der Waals surface area contributed by atoms with Crippen molar-refractivity contribution >= 4 is 37.3 Å². The fourth-order valence-corrected chi connectivity index (χ4v) is 3.67. The Morgan fingerprint density at radius 2 is 1.62 bits per heavy atom. The number of rotatable bonds is 7. The number of hydrogen-bond donors (Lipinski definition) is 3. The lowest BCUT2D eigenvalue weighted by Crippen LogP contribution is -2.15. The van der Waals surface area contributed by atoms with Crippen LogP contribution < -0.4 is 19.9 Å². The molecule has 0 atom stereocenters. The molecule has 0 aliphatic heterocycles. The van der Waals surface area contributed by atoms with Crippen molar-refractivity contribution in [1.29, 1.82) is 0 Å². The summed E-state index contributed by atoms with van der Waals surface area (Å²) in [5.41, 5.74) is 5.64. The van der Waals surface area contributed by atoms with Crippen molar-refractivity contribution in [2.45, 2.75) is 4.90 Å². The molecule has 0 heterocycles. The summed E-state index contributed by atoms with van der Waals surface area (Å²) < 4.78 is 57.2. The molecule has 0 aromatic heterocycles. The van der Waals surface area contributed by atoms with Gasteiger partial charge in [-0.25, -0.2) is 16.8 Å². The molecule has 0 aliphatic rings. The molecule has 2 aromatic carbocycles. The molecule has 2 rings (SSSR count). The average Bonchev–Trinajstić information content (AvgIpc) is 2.54. The van der Waals surface area contributed by atoms with Crippen LogP contribution in [-0.4, -0.2) is 36.1 Å². The SMILES string of the molecule is COc1cc(NS(=O)(=O)c2ccc(C(N)=O)cc2)ccc1NS(C)(=O)=O. The van der Waals surface area contributed by atoms with Gasteiger partial charge >= 0.3 is 0 Å². The molecule has 11 heteroatoms. The van der Waals surface area contributed by atoms with Gasteiger partial charge in [-0.1, -0.05) is 0 Å². The highest BCUT2D eigenvalue weighted by Gasteiger charge is 2.16. The van der Waals surface area contributed by atoms with Crippen LogP contribution in [0.5, 0.6) is 5.75 Å². The number of benzene rings is 2. The molecule has 0 unspecified atom stereocenters. The molecule has 0 bridgehead atoms. The van der Waals surface area contributed by atoms with Crippen molar-refractivity contribution in [2.24, 2.45) is 5.73 Å². The molecule has 0 aliphatic carbocycles. The molecule has 26 heavy (non-hydrogen) atoms. The molecular formula is C15H17N3O6S2. The van der Waals surface area contributed by atoms with E-state index in [2.05, 4.69) is 9.44 Å². The molecule has 0 spiro atoms. The largest absolute Gasteiger partial charge is 0.494 e. The fourth-order valence-electron chi connectivity index (χ4n) is 2.05. The molecule has 140 valence electrons. The quantitative estimate of drug-likeness (QED) is 0.632. The summed E-state index contributed by atoms with van der Waals surface area (Å²) >= 11 is 0. The van der Waals surface area contributed by atoms with Crippen LogP contribution in [-0.2, 0) is 20.0 Å². The van der Waals surface area contributed by atoms with Crippen LogP contribution >= 0.6 is 0 Å². The number of ether oxygens (including phenoxy) is 1. The standard InChI is InChI=1S/C15H17N3O6S2/c1-24-14-9-11(5-8-13(14)18-25(2,20)21)17-26(22,23)12-6-3-10(4-7-12)15(16)19/h3-9,17-18H,1-2H3,(H2,16,19). The molecule has 4 N–H and O–H groups in total. The minimum Gasteiger partial charge on any atom is -0.494 e. The number of hydrogen-bond acceptors (Lipinski definition) is 6. The van der Waals surface area contributed by atoms with Gasteiger partial charge in [-0.3, -0.25) is 14.2 Å². The first-order chi connectivity index (χ1) is 12.0. The number of anilines is 2. The number of carbonyl (C=O) groups is 1. The lowest BCUT2D eigenvalue weighted by molar-refractivity contribution is 0.1000. The number of sulfonamides is 2. The number of carbonyl (C=O) groups excluding carboxylic acids is 1. The van der Waals surface area contributed by atoms with E-state index in [0.29, 0.717) is 0 Å². The smallest absolute Gasteiger partial charge is 0.261 e. The number of methoxy groups -OCH3 is 1. The van der Waals surface area contributed by atoms with Gasteiger partial charge < -0.3 is 10.5 Å². The minimum atomic E-state index is -3.93. The molecule has 0 fully saturated rings. The van der Waals surface area contributed by atoms with Gasteiger partial charge in [-0.05, 0) is 36.4 Å². The number of amides is 1. The van der Waals surface area contributed by atoms with Gasteiger partial charge in [0.05, 0.1) is 29.6 Å². The molecule has 0 saturated carbocycles. The van der Waals surface area contributed by atoms with Crippen LogP contribution in [0.15, 0.2) is 47.4 Å². The van der Waals surface area contributed by atoms with E-state index in [-0.39, 0.29) is 27.6 Å². The summed E-state index contributed by atoms with van der Waals surface area (Å²) in [6, 6.07) is 9.19. The minimum absolute atomic E-state index is 0.0696. The molecular weight excluding hydrogens is 382 g/mol. The maximum absolute atomic E-state index is 12.4. The average molecular weight is 399 g/mol. The van der Waals surface area contributed by atoms with Crippen LogP contribution in [0.4, 0.5) is 11.4 Å². The monoisotopic (exact) mass is 399 g/mol. The van der Waals surface area contributed by atoms with Gasteiger partial charge in [0.1, 0.15) is 5.75 Å². The van der Waals surface area contributed by atoms with Gasteiger partial charge in [0, 0.05) is 11.6 Å². The van der Waals surface area contributed by atoms with E-state index in [1.54, 1.807) is 0 Å². The van der Waals surface area contributed by atoms with Crippen LogP contribution in [0.25, 0.3) is 0 Å². The maximum atomic E-state index is 12.4. The Hall–Kier alpha value is -2.79. The highest BCUT2D eigenvalue weighted by atomic mass is 32.2. The van der Waals surface area contributed by atoms with E-state index in [0.717, 1.165) is 6.26 Å². The Balaban J connectivity index is 2.30. The van der Waals surface area contributed by atoms with Crippen molar-refractivity contribution < 1.29 is 26.4 Å². The lowest BCUT2D eigenvalue weighted by Gasteiger charge is -2.13. The summed E-state index contributed by atoms with van der Waals surface area (Å²) in [6.07, 6.45) is 0.985. The van der Waals surface area contributed by atoms with E-state index in [1.807, 2.05) is 0 Å². The van der Waals surface area contributed by atoms with Crippen LogP contribution in [0, 0.1) is 0 Å². The second-order valence-electron chi connectivity index (χ2n) is 5.28. The Bertz CT molecular complexity index is 1030. The predicted octanol–water partition coefficient (Wildman–Crippen LogP) is 0.966. The number of nitrogens with two attached hydrogens (primary N) is 1. The van der Waals surface area contributed by atoms with Crippen molar-refractivity contribution in [1.82, 2.24) is 0 Å². The summed E-state index contributed by atoms with van der Waals surface area (Å²) in [5.74, 6) is -0.527. The van der Waals surface area contributed by atoms with E-state index in [4.69, 9.17) is 10.5 Å². The normalized spacial score (nSPS) is 11.6. The number of primary amides is 1. The van der Waals surface area contributed by atoms with E-state index in [9.17, 15) is 21.6 Å². The summed E-state index contributed by atoms with van der Waals surface area (Å²) in [6.45, 7) is 0. The first-order valence-corrected chi connectivity index (χ1v) is 10.5. The van der Waals surface area contributed by atoms with E-state index >= 15 is 0 Å². The first-order valence-electron chi connectivity index (χ1n) is 7.10. The highest BCUT2D eigenvalue weighted by molar-refractivity contribution is 7.92. The lowest BCUT2D eigenvalue weighted by atomic mass is 10.2. The van der Waals surface area contributed by atoms with E-state index in [1.165, 1.54) is 49.6 Å². The Labute approximate surface area is 151 Å². The van der Waals surface area contributed by atoms with Gasteiger partial charge in [0.25, 0.3) is 10.0 Å². The van der Waals surface area contributed by atoms with Crippen molar-refractivity contribution in [3.8, 4) is 5.75 Å². The maximum Gasteiger partial charge on any atom is 0.261 e. The summed E-state index contributed by atoms with van der Waals surface area (Å²) in [5, 5.41) is 0. The van der Waals surface area contributed by atoms with Crippen molar-refractivity contribution in [2.75, 3.05) is 22.8 Å². The zero-order valence-corrected chi connectivity index (χ0v) is 15.5. The second-order valence-corrected chi connectivity index (χ2v) is 8.71. The van der Waals surface area contributed by atoms with Crippen molar-refractivity contribution in [3.63, 3.8) is 0 Å². The molecule has 1 amide bonds. The second kappa shape index (κ2) is 7.22. The first kappa shape index (κ1) is 19.5. The Morgan fingerprint density at radius 1 is 1.00 bits per heavy atom. The topological polar surface area (TPSA) is 145 Å². The van der Waals surface area contributed by atoms with Gasteiger partial charge in [-0.2, -0.15) is 0 Å². The van der Waals surface area contributed by atoms with Crippen LogP contribution in [0.3, 0.4) is 0 Å². The van der Waals surface area contributed by atoms with Crippen LogP contribution in [0.2, 0.25) is 0 Å². The van der Waals surface area contributed by atoms with E-state index < -0.39 is 26.0 Å². The third-order valence-corrected chi connectivity index (χ3v) is 5.19. The zero-order valence-electron chi connectivity index (χ0n) is 13.9. The highest BCUT2D eigenvalue weighted by Crippen LogP contribution is 2.29. The zero-order chi connectivity index (χ0) is 19.5. The third-order valence-electron chi connectivity index (χ3n) is 3.20. The molecule has 2 aromatic rings. The summed E-state index contributed by atoms with van der Waals surface area (Å²) in [7, 11) is -6.12. The van der Waals surface area contributed by atoms with Gasteiger partial charge in [0.2, 0.25) is 15.9 Å². The number of nitrogens with one attached hydrogen (secondary N) is 2. The van der Waals surface area contributed by atoms with Gasteiger partial charge in [-0.15, -0.1) is 0 Å². The summed E-state index contributed by atoms with van der Waals surface area (Å²) in [4.78, 5) is 11.0. The fraction of sp³-hybridized carbons (Fsp3) is 0.133.